The Bertz CT molecular complexity index is 290. The van der Waals surface area contributed by atoms with E-state index in [0.29, 0.717) is 20.8 Å². The van der Waals surface area contributed by atoms with Gasteiger partial charge in [0.05, 0.1) is 11.6 Å². The van der Waals surface area contributed by atoms with Gasteiger partial charge >= 0.3 is 5.97 Å². The van der Waals surface area contributed by atoms with E-state index in [0.717, 1.165) is 17.8 Å². The molecular weight excluding hydrogens is 231 g/mol. The first-order valence-electron chi connectivity index (χ1n) is 3.77. The van der Waals surface area contributed by atoms with E-state index in [1.54, 1.807) is 0 Å². The number of rotatable bonds is 3. The minimum atomic E-state index is -0.361. The maximum atomic E-state index is 11.2. The Kier molecular flexibility index (Phi) is 4.03. The molecule has 0 unspecified atom stereocenters. The van der Waals surface area contributed by atoms with E-state index in [1.165, 1.54) is 6.07 Å². The molecule has 0 aliphatic carbocycles. The lowest BCUT2D eigenvalue weighted by Crippen LogP contribution is -2.03. The van der Waals surface area contributed by atoms with Crippen LogP contribution < -0.4 is 0 Å². The van der Waals surface area contributed by atoms with E-state index in [2.05, 4.69) is 0 Å². The SMILES string of the molecule is CCCOC(=O)c1cc(Cl)c(Cl)s1. The van der Waals surface area contributed by atoms with Crippen LogP contribution in [0.1, 0.15) is 23.0 Å². The van der Waals surface area contributed by atoms with Crippen molar-refractivity contribution in [1.29, 1.82) is 0 Å². The van der Waals surface area contributed by atoms with E-state index in [9.17, 15) is 4.79 Å². The van der Waals surface area contributed by atoms with Crippen molar-refractivity contribution in [3.8, 4) is 0 Å². The highest BCUT2D eigenvalue weighted by Crippen LogP contribution is 2.31. The van der Waals surface area contributed by atoms with Crippen molar-refractivity contribution in [2.45, 2.75) is 13.3 Å². The fraction of sp³-hybridized carbons (Fsp3) is 0.375. The minimum absolute atomic E-state index is 0.361. The molecule has 0 spiro atoms. The summed E-state index contributed by atoms with van der Waals surface area (Å²) in [5.74, 6) is -0.361. The summed E-state index contributed by atoms with van der Waals surface area (Å²) >= 11 is 12.5. The van der Waals surface area contributed by atoms with Crippen molar-refractivity contribution in [3.05, 3.63) is 20.3 Å². The van der Waals surface area contributed by atoms with Crippen LogP contribution in [0, 0.1) is 0 Å². The first-order chi connectivity index (χ1) is 6.15. The lowest BCUT2D eigenvalue weighted by atomic mass is 10.4. The molecule has 1 aromatic heterocycles. The molecule has 0 aliphatic heterocycles. The van der Waals surface area contributed by atoms with E-state index in [1.807, 2.05) is 6.92 Å². The first kappa shape index (κ1) is 10.8. The van der Waals surface area contributed by atoms with Gasteiger partial charge in [0.15, 0.2) is 0 Å². The average molecular weight is 239 g/mol. The third kappa shape index (κ3) is 2.86. The Labute approximate surface area is 90.4 Å². The molecule has 2 nitrogen and oxygen atoms in total. The molecule has 0 bridgehead atoms. The summed E-state index contributed by atoms with van der Waals surface area (Å²) < 4.78 is 5.32. The van der Waals surface area contributed by atoms with Crippen LogP contribution in [-0.4, -0.2) is 12.6 Å². The molecule has 72 valence electrons. The van der Waals surface area contributed by atoms with Gasteiger partial charge < -0.3 is 4.74 Å². The number of ether oxygens (including phenoxy) is 1. The van der Waals surface area contributed by atoms with E-state index >= 15 is 0 Å². The Morgan fingerprint density at radius 1 is 1.62 bits per heavy atom. The average Bonchev–Trinajstić information content (AvgIpc) is 2.43. The molecule has 0 aliphatic rings. The number of carbonyl (C=O) groups is 1. The van der Waals surface area contributed by atoms with Crippen molar-refractivity contribution in [1.82, 2.24) is 0 Å². The molecule has 13 heavy (non-hydrogen) atoms. The lowest BCUT2D eigenvalue weighted by Gasteiger charge is -1.98. The van der Waals surface area contributed by atoms with Crippen LogP contribution in [0.3, 0.4) is 0 Å². The largest absolute Gasteiger partial charge is 0.462 e. The molecule has 0 atom stereocenters. The van der Waals surface area contributed by atoms with Gasteiger partial charge in [-0.1, -0.05) is 30.1 Å². The summed E-state index contributed by atoms with van der Waals surface area (Å²) in [5, 5.41) is 0.398. The predicted molar refractivity (Wildman–Crippen MR) is 54.9 cm³/mol. The van der Waals surface area contributed by atoms with Crippen LogP contribution >= 0.6 is 34.5 Å². The maximum absolute atomic E-state index is 11.2. The Morgan fingerprint density at radius 3 is 2.77 bits per heavy atom. The molecule has 0 radical (unpaired) electrons. The Balaban J connectivity index is 2.66. The van der Waals surface area contributed by atoms with E-state index in [4.69, 9.17) is 27.9 Å². The summed E-state index contributed by atoms with van der Waals surface area (Å²) in [6, 6.07) is 1.52. The van der Waals surface area contributed by atoms with Crippen molar-refractivity contribution < 1.29 is 9.53 Å². The fourth-order valence-electron chi connectivity index (χ4n) is 0.713. The Morgan fingerprint density at radius 2 is 2.31 bits per heavy atom. The second-order valence-electron chi connectivity index (χ2n) is 2.37. The molecule has 1 aromatic rings. The van der Waals surface area contributed by atoms with Gasteiger partial charge in [-0.3, -0.25) is 0 Å². The van der Waals surface area contributed by atoms with Crippen molar-refractivity contribution in [3.63, 3.8) is 0 Å². The molecule has 0 N–H and O–H groups in total. The number of esters is 1. The standard InChI is InChI=1S/C8H8Cl2O2S/c1-2-3-12-8(11)6-4-5(9)7(10)13-6/h4H,2-3H2,1H3. The van der Waals surface area contributed by atoms with E-state index in [-0.39, 0.29) is 5.97 Å². The summed E-state index contributed by atoms with van der Waals surface area (Å²) in [7, 11) is 0. The summed E-state index contributed by atoms with van der Waals surface area (Å²) in [4.78, 5) is 11.7. The maximum Gasteiger partial charge on any atom is 0.348 e. The normalized spacial score (nSPS) is 10.1. The molecule has 5 heteroatoms. The molecule has 1 heterocycles. The molecule has 0 saturated heterocycles. The monoisotopic (exact) mass is 238 g/mol. The zero-order valence-electron chi connectivity index (χ0n) is 6.97. The number of hydrogen-bond donors (Lipinski definition) is 0. The second-order valence-corrected chi connectivity index (χ2v) is 4.43. The summed E-state index contributed by atoms with van der Waals surface area (Å²) in [6.45, 7) is 2.35. The molecular formula is C8H8Cl2O2S. The van der Waals surface area contributed by atoms with Crippen molar-refractivity contribution in [2.24, 2.45) is 0 Å². The molecule has 1 rings (SSSR count). The molecule has 0 amide bonds. The zero-order valence-corrected chi connectivity index (χ0v) is 9.30. The first-order valence-corrected chi connectivity index (χ1v) is 5.34. The fourth-order valence-corrected chi connectivity index (χ4v) is 1.98. The Hall–Kier alpha value is -0.250. The predicted octanol–water partition coefficient (Wildman–Crippen LogP) is 3.62. The van der Waals surface area contributed by atoms with Gasteiger partial charge in [0.2, 0.25) is 0 Å². The highest BCUT2D eigenvalue weighted by atomic mass is 35.5. The number of carbonyl (C=O) groups excluding carboxylic acids is 1. The number of hydrogen-bond acceptors (Lipinski definition) is 3. The summed E-state index contributed by atoms with van der Waals surface area (Å²) in [5.41, 5.74) is 0. The van der Waals surface area contributed by atoms with Crippen LogP contribution in [0.5, 0.6) is 0 Å². The number of halogens is 2. The van der Waals surface area contributed by atoms with Crippen LogP contribution in [0.25, 0.3) is 0 Å². The van der Waals surface area contributed by atoms with Crippen molar-refractivity contribution >= 4 is 40.5 Å². The molecule has 0 aromatic carbocycles. The molecule has 0 saturated carbocycles. The van der Waals surface area contributed by atoms with Crippen LogP contribution in [0.4, 0.5) is 0 Å². The topological polar surface area (TPSA) is 26.3 Å². The number of thiophene rings is 1. The van der Waals surface area contributed by atoms with Crippen LogP contribution in [0.2, 0.25) is 9.36 Å². The third-order valence-electron chi connectivity index (χ3n) is 1.28. The third-order valence-corrected chi connectivity index (χ3v) is 3.13. The smallest absolute Gasteiger partial charge is 0.348 e. The van der Waals surface area contributed by atoms with Gasteiger partial charge in [-0.25, -0.2) is 4.79 Å². The second kappa shape index (κ2) is 4.84. The zero-order chi connectivity index (χ0) is 9.84. The molecule has 0 fully saturated rings. The van der Waals surface area contributed by atoms with Gasteiger partial charge in [-0.15, -0.1) is 11.3 Å². The van der Waals surface area contributed by atoms with Crippen LogP contribution in [-0.2, 0) is 4.74 Å². The highest BCUT2D eigenvalue weighted by molar-refractivity contribution is 7.18. The lowest BCUT2D eigenvalue weighted by molar-refractivity contribution is 0.0511. The van der Waals surface area contributed by atoms with Gasteiger partial charge in [-0.05, 0) is 12.5 Å². The minimum Gasteiger partial charge on any atom is -0.462 e. The van der Waals surface area contributed by atoms with Crippen molar-refractivity contribution in [2.75, 3.05) is 6.61 Å². The highest BCUT2D eigenvalue weighted by Gasteiger charge is 2.12. The van der Waals surface area contributed by atoms with Gasteiger partial charge in [0.25, 0.3) is 0 Å². The van der Waals surface area contributed by atoms with Gasteiger partial charge in [-0.2, -0.15) is 0 Å². The van der Waals surface area contributed by atoms with Gasteiger partial charge in [0, 0.05) is 0 Å². The van der Waals surface area contributed by atoms with E-state index < -0.39 is 0 Å². The van der Waals surface area contributed by atoms with Gasteiger partial charge in [0.1, 0.15) is 9.21 Å². The quantitative estimate of drug-likeness (QED) is 0.753. The summed E-state index contributed by atoms with van der Waals surface area (Å²) in [6.07, 6.45) is 0.804. The van der Waals surface area contributed by atoms with Crippen LogP contribution in [0.15, 0.2) is 6.07 Å².